The lowest BCUT2D eigenvalue weighted by Gasteiger charge is -2.27. The third-order valence-corrected chi connectivity index (χ3v) is 4.41. The summed E-state index contributed by atoms with van der Waals surface area (Å²) < 4.78 is 86.8. The molecule has 1 aliphatic rings. The first-order valence-electron chi connectivity index (χ1n) is 9.28. The molecule has 0 atom stereocenters. The number of nitrogens with one attached hydrogen (secondary N) is 1. The van der Waals surface area contributed by atoms with E-state index in [4.69, 9.17) is 4.74 Å². The van der Waals surface area contributed by atoms with Crippen LogP contribution in [0.1, 0.15) is 19.3 Å². The first-order valence-corrected chi connectivity index (χ1v) is 9.28. The number of nitrogens with zero attached hydrogens (tertiary/aromatic N) is 4. The number of alkyl halides is 6. The second-order valence-electron chi connectivity index (χ2n) is 6.72. The van der Waals surface area contributed by atoms with Crippen LogP contribution in [0.4, 0.5) is 43.9 Å². The third kappa shape index (κ3) is 6.01. The van der Waals surface area contributed by atoms with Crippen molar-refractivity contribution in [1.29, 1.82) is 0 Å². The van der Waals surface area contributed by atoms with Crippen molar-refractivity contribution < 1.29 is 35.8 Å². The molecular formula is C18H19F6N5O2. The average Bonchev–Trinajstić information content (AvgIpc) is 2.71. The van der Waals surface area contributed by atoms with Crippen molar-refractivity contribution in [3.05, 3.63) is 24.3 Å². The molecule has 170 valence electrons. The molecule has 1 saturated heterocycles. The predicted octanol–water partition coefficient (Wildman–Crippen LogP) is 4.49. The highest BCUT2D eigenvalue weighted by Crippen LogP contribution is 2.36. The summed E-state index contributed by atoms with van der Waals surface area (Å²) in [6, 6.07) is 5.30. The SMILES string of the molecule is COc1ccc(Nc2nc(OC(C(F)(F)F)C(F)(F)F)nc(N3CCCCC3)n2)cc1. The zero-order valence-electron chi connectivity index (χ0n) is 16.3. The Bertz CT molecular complexity index is 855. The van der Waals surface area contributed by atoms with Gasteiger partial charge < -0.3 is 19.7 Å². The molecule has 0 aliphatic carbocycles. The zero-order valence-corrected chi connectivity index (χ0v) is 16.3. The van der Waals surface area contributed by atoms with Crippen LogP contribution in [0.3, 0.4) is 0 Å². The standard InChI is InChI=1S/C18H19F6N5O2/c1-30-12-7-5-11(6-8-12)25-14-26-15(29-9-3-2-4-10-29)28-16(27-14)31-13(17(19,20)21)18(22,23)24/h5-8,13H,2-4,9-10H2,1H3,(H,25,26,27,28). The van der Waals surface area contributed by atoms with Gasteiger partial charge in [0.2, 0.25) is 11.9 Å². The number of methoxy groups -OCH3 is 1. The van der Waals surface area contributed by atoms with E-state index in [1.807, 2.05) is 0 Å². The molecule has 0 bridgehead atoms. The summed E-state index contributed by atoms with van der Waals surface area (Å²) in [4.78, 5) is 13.1. The Balaban J connectivity index is 1.93. The molecule has 0 radical (unpaired) electrons. The minimum absolute atomic E-state index is 0.0659. The van der Waals surface area contributed by atoms with E-state index in [9.17, 15) is 26.3 Å². The van der Waals surface area contributed by atoms with Crippen molar-refractivity contribution >= 4 is 17.6 Å². The number of piperidine rings is 1. The second-order valence-corrected chi connectivity index (χ2v) is 6.72. The van der Waals surface area contributed by atoms with Gasteiger partial charge in [-0.2, -0.15) is 41.3 Å². The van der Waals surface area contributed by atoms with Crippen LogP contribution < -0.4 is 19.7 Å². The number of hydrogen-bond acceptors (Lipinski definition) is 7. The Morgan fingerprint density at radius 2 is 1.52 bits per heavy atom. The van der Waals surface area contributed by atoms with Crippen molar-refractivity contribution in [2.45, 2.75) is 37.7 Å². The van der Waals surface area contributed by atoms with Crippen LogP contribution in [0.2, 0.25) is 0 Å². The minimum atomic E-state index is -5.69. The first kappa shape index (κ1) is 22.7. The van der Waals surface area contributed by atoms with Gasteiger partial charge in [0.1, 0.15) is 5.75 Å². The highest BCUT2D eigenvalue weighted by atomic mass is 19.4. The van der Waals surface area contributed by atoms with Crippen molar-refractivity contribution in [3.8, 4) is 11.8 Å². The molecule has 31 heavy (non-hydrogen) atoms. The molecule has 0 unspecified atom stereocenters. The lowest BCUT2D eigenvalue weighted by atomic mass is 10.1. The molecule has 1 aliphatic heterocycles. The van der Waals surface area contributed by atoms with Gasteiger partial charge in [0.15, 0.2) is 0 Å². The van der Waals surface area contributed by atoms with Gasteiger partial charge >= 0.3 is 18.4 Å². The Kier molecular flexibility index (Phi) is 6.60. The highest BCUT2D eigenvalue weighted by Gasteiger charge is 2.59. The number of benzene rings is 1. The van der Waals surface area contributed by atoms with Crippen LogP contribution in [-0.2, 0) is 0 Å². The van der Waals surface area contributed by atoms with Crippen LogP contribution in [0, 0.1) is 0 Å². The number of anilines is 3. The summed E-state index contributed by atoms with van der Waals surface area (Å²) in [7, 11) is 1.47. The van der Waals surface area contributed by atoms with Crippen LogP contribution in [0.15, 0.2) is 24.3 Å². The molecule has 1 fully saturated rings. The summed E-state index contributed by atoms with van der Waals surface area (Å²) in [5.41, 5.74) is 0.436. The second kappa shape index (κ2) is 9.02. The van der Waals surface area contributed by atoms with E-state index < -0.39 is 24.5 Å². The van der Waals surface area contributed by atoms with E-state index in [-0.39, 0.29) is 11.9 Å². The first-order chi connectivity index (χ1) is 14.6. The number of aromatic nitrogens is 3. The lowest BCUT2D eigenvalue weighted by molar-refractivity contribution is -0.301. The molecule has 13 heteroatoms. The summed E-state index contributed by atoms with van der Waals surface area (Å²) >= 11 is 0. The van der Waals surface area contributed by atoms with Gasteiger partial charge in [-0.3, -0.25) is 0 Å². The van der Waals surface area contributed by atoms with Gasteiger partial charge in [-0.15, -0.1) is 0 Å². The van der Waals surface area contributed by atoms with Gasteiger partial charge in [-0.1, -0.05) is 0 Å². The molecule has 7 nitrogen and oxygen atoms in total. The van der Waals surface area contributed by atoms with E-state index in [0.717, 1.165) is 19.3 Å². The number of hydrogen-bond donors (Lipinski definition) is 1. The van der Waals surface area contributed by atoms with E-state index in [2.05, 4.69) is 25.0 Å². The Morgan fingerprint density at radius 3 is 2.06 bits per heavy atom. The van der Waals surface area contributed by atoms with Crippen LogP contribution >= 0.6 is 0 Å². The molecule has 1 aromatic carbocycles. The van der Waals surface area contributed by atoms with Gasteiger partial charge in [0.25, 0.3) is 6.10 Å². The maximum absolute atomic E-state index is 12.9. The predicted molar refractivity (Wildman–Crippen MR) is 98.7 cm³/mol. The minimum Gasteiger partial charge on any atom is -0.497 e. The summed E-state index contributed by atoms with van der Waals surface area (Å²) in [6.07, 6.45) is -12.9. The quantitative estimate of drug-likeness (QED) is 0.649. The smallest absolute Gasteiger partial charge is 0.434 e. The van der Waals surface area contributed by atoms with Gasteiger partial charge in [-0.05, 0) is 43.5 Å². The van der Waals surface area contributed by atoms with Crippen LogP contribution in [0.5, 0.6) is 11.8 Å². The average molecular weight is 451 g/mol. The van der Waals surface area contributed by atoms with Crippen molar-refractivity contribution in [2.24, 2.45) is 0 Å². The molecular weight excluding hydrogens is 432 g/mol. The third-order valence-electron chi connectivity index (χ3n) is 4.41. The van der Waals surface area contributed by atoms with Crippen molar-refractivity contribution in [1.82, 2.24) is 15.0 Å². The van der Waals surface area contributed by atoms with Crippen LogP contribution in [-0.4, -0.2) is 53.6 Å². The molecule has 1 aromatic heterocycles. The van der Waals surface area contributed by atoms with E-state index in [1.54, 1.807) is 29.2 Å². The van der Waals surface area contributed by atoms with Gasteiger partial charge in [0, 0.05) is 18.8 Å². The maximum Gasteiger partial charge on any atom is 0.434 e. The van der Waals surface area contributed by atoms with E-state index in [0.29, 0.717) is 24.5 Å². The highest BCUT2D eigenvalue weighted by molar-refractivity contribution is 5.55. The fourth-order valence-electron chi connectivity index (χ4n) is 2.92. The van der Waals surface area contributed by atoms with Crippen molar-refractivity contribution in [3.63, 3.8) is 0 Å². The molecule has 0 saturated carbocycles. The number of halogens is 6. The summed E-state index contributed by atoms with van der Waals surface area (Å²) in [5.74, 6) is 0.236. The van der Waals surface area contributed by atoms with Gasteiger partial charge in [0.05, 0.1) is 7.11 Å². The van der Waals surface area contributed by atoms with Gasteiger partial charge in [-0.25, -0.2) is 0 Å². The Labute approximate surface area is 173 Å². The maximum atomic E-state index is 12.9. The molecule has 3 rings (SSSR count). The van der Waals surface area contributed by atoms with Crippen LogP contribution in [0.25, 0.3) is 0 Å². The number of ether oxygens (including phenoxy) is 2. The van der Waals surface area contributed by atoms with Crippen molar-refractivity contribution in [2.75, 3.05) is 30.4 Å². The fourth-order valence-corrected chi connectivity index (χ4v) is 2.92. The zero-order chi connectivity index (χ0) is 22.6. The molecule has 2 aromatic rings. The molecule has 0 spiro atoms. The fraction of sp³-hybridized carbons (Fsp3) is 0.500. The summed E-state index contributed by atoms with van der Waals surface area (Å²) in [6.45, 7) is 1.01. The number of rotatable bonds is 6. The largest absolute Gasteiger partial charge is 0.497 e. The molecule has 2 heterocycles. The Morgan fingerprint density at radius 1 is 0.903 bits per heavy atom. The lowest BCUT2D eigenvalue weighted by Crippen LogP contribution is -2.47. The molecule has 1 N–H and O–H groups in total. The molecule has 0 amide bonds. The van der Waals surface area contributed by atoms with E-state index in [1.165, 1.54) is 7.11 Å². The van der Waals surface area contributed by atoms with E-state index >= 15 is 0 Å². The topological polar surface area (TPSA) is 72.4 Å². The monoisotopic (exact) mass is 451 g/mol. The summed E-state index contributed by atoms with van der Waals surface area (Å²) in [5, 5.41) is 2.74. The normalized spacial score (nSPS) is 15.2. The Hall–Kier alpha value is -2.99.